The van der Waals surface area contributed by atoms with Crippen LogP contribution in [-0.2, 0) is 0 Å². The Morgan fingerprint density at radius 3 is 2.55 bits per heavy atom. The zero-order chi connectivity index (χ0) is 14.3. The van der Waals surface area contributed by atoms with E-state index in [4.69, 9.17) is 5.73 Å². The average molecular weight is 273 g/mol. The Balaban J connectivity index is 2.22. The van der Waals surface area contributed by atoms with Gasteiger partial charge in [-0.25, -0.2) is 14.4 Å². The predicted molar refractivity (Wildman–Crippen MR) is 71.0 cm³/mol. The van der Waals surface area contributed by atoms with Gasteiger partial charge in [0.25, 0.3) is 0 Å². The van der Waals surface area contributed by atoms with E-state index < -0.39 is 17.4 Å². The predicted octanol–water partition coefficient (Wildman–Crippen LogP) is 2.86. The third-order valence-electron chi connectivity index (χ3n) is 3.01. The summed E-state index contributed by atoms with van der Waals surface area (Å²) in [6.07, 6.45) is 1.35. The smallest absolute Gasteiger partial charge is 0.200 e. The van der Waals surface area contributed by atoms with E-state index in [2.05, 4.69) is 9.97 Å². The van der Waals surface area contributed by atoms with Crippen molar-refractivity contribution in [3.63, 3.8) is 0 Å². The Labute approximate surface area is 112 Å². The Kier molecular flexibility index (Phi) is 2.71. The summed E-state index contributed by atoms with van der Waals surface area (Å²) >= 11 is 0. The van der Waals surface area contributed by atoms with Gasteiger partial charge >= 0.3 is 0 Å². The quantitative estimate of drug-likeness (QED) is 0.715. The molecule has 0 amide bonds. The molecule has 1 heterocycles. The fourth-order valence-corrected chi connectivity index (χ4v) is 2.00. The molecule has 100 valence electrons. The third-order valence-corrected chi connectivity index (χ3v) is 3.01. The Morgan fingerprint density at radius 2 is 1.80 bits per heavy atom. The minimum absolute atomic E-state index is 0.295. The molecule has 3 N–H and O–H groups in total. The highest BCUT2D eigenvalue weighted by Gasteiger charge is 2.11. The van der Waals surface area contributed by atoms with Gasteiger partial charge in [0.2, 0.25) is 0 Å². The Morgan fingerprint density at radius 1 is 1.00 bits per heavy atom. The second-order valence-electron chi connectivity index (χ2n) is 4.28. The SMILES string of the molecule is Nc1ncnc2ccc(-c3cc(O)c(F)c(F)c3)cc12. The number of aromatic hydroxyl groups is 1. The van der Waals surface area contributed by atoms with Crippen LogP contribution >= 0.6 is 0 Å². The zero-order valence-electron chi connectivity index (χ0n) is 10.1. The lowest BCUT2D eigenvalue weighted by Crippen LogP contribution is -1.93. The summed E-state index contributed by atoms with van der Waals surface area (Å²) < 4.78 is 26.4. The van der Waals surface area contributed by atoms with E-state index >= 15 is 0 Å². The highest BCUT2D eigenvalue weighted by molar-refractivity contribution is 5.91. The number of rotatable bonds is 1. The summed E-state index contributed by atoms with van der Waals surface area (Å²) in [5.74, 6) is -2.82. The Bertz CT molecular complexity index is 798. The number of anilines is 1. The van der Waals surface area contributed by atoms with Crippen molar-refractivity contribution in [3.8, 4) is 16.9 Å². The van der Waals surface area contributed by atoms with Gasteiger partial charge in [-0.15, -0.1) is 0 Å². The van der Waals surface area contributed by atoms with E-state index in [1.54, 1.807) is 18.2 Å². The molecule has 0 spiro atoms. The number of hydrogen-bond acceptors (Lipinski definition) is 4. The maximum atomic E-state index is 13.3. The van der Waals surface area contributed by atoms with Crippen molar-refractivity contribution in [1.29, 1.82) is 0 Å². The summed E-state index contributed by atoms with van der Waals surface area (Å²) in [6, 6.07) is 7.20. The normalized spacial score (nSPS) is 10.9. The van der Waals surface area contributed by atoms with E-state index in [9.17, 15) is 13.9 Å². The van der Waals surface area contributed by atoms with Gasteiger partial charge in [-0.1, -0.05) is 6.07 Å². The van der Waals surface area contributed by atoms with Gasteiger partial charge in [0.15, 0.2) is 17.4 Å². The van der Waals surface area contributed by atoms with Crippen LogP contribution in [0.3, 0.4) is 0 Å². The van der Waals surface area contributed by atoms with Crippen molar-refractivity contribution in [1.82, 2.24) is 9.97 Å². The first kappa shape index (κ1) is 12.3. The van der Waals surface area contributed by atoms with Gasteiger partial charge in [-0.3, -0.25) is 0 Å². The topological polar surface area (TPSA) is 72.0 Å². The van der Waals surface area contributed by atoms with Crippen LogP contribution in [-0.4, -0.2) is 15.1 Å². The van der Waals surface area contributed by atoms with Crippen LogP contribution < -0.4 is 5.73 Å². The molecule has 0 aliphatic heterocycles. The molecular formula is C14H9F2N3O. The molecule has 20 heavy (non-hydrogen) atoms. The molecule has 0 fully saturated rings. The van der Waals surface area contributed by atoms with Gasteiger partial charge < -0.3 is 10.8 Å². The van der Waals surface area contributed by atoms with E-state index in [0.717, 1.165) is 12.1 Å². The van der Waals surface area contributed by atoms with Crippen molar-refractivity contribution < 1.29 is 13.9 Å². The number of halogens is 2. The fourth-order valence-electron chi connectivity index (χ4n) is 2.00. The molecule has 0 saturated heterocycles. The van der Waals surface area contributed by atoms with Crippen LogP contribution in [0.2, 0.25) is 0 Å². The summed E-state index contributed by atoms with van der Waals surface area (Å²) in [7, 11) is 0. The van der Waals surface area contributed by atoms with Crippen LogP contribution in [0, 0.1) is 11.6 Å². The molecule has 1 aromatic heterocycles. The Hall–Kier alpha value is -2.76. The van der Waals surface area contributed by atoms with Crippen molar-refractivity contribution in [2.24, 2.45) is 0 Å². The number of nitrogens with zero attached hydrogens (tertiary/aromatic N) is 2. The van der Waals surface area contributed by atoms with Gasteiger partial charge in [0.1, 0.15) is 12.1 Å². The first-order chi connectivity index (χ1) is 9.56. The molecule has 0 saturated carbocycles. The van der Waals surface area contributed by atoms with Crippen molar-refractivity contribution in [2.45, 2.75) is 0 Å². The van der Waals surface area contributed by atoms with Crippen LogP contribution in [0.15, 0.2) is 36.7 Å². The van der Waals surface area contributed by atoms with E-state index in [0.29, 0.717) is 27.8 Å². The first-order valence-corrected chi connectivity index (χ1v) is 5.75. The molecule has 0 radical (unpaired) electrons. The van der Waals surface area contributed by atoms with Crippen molar-refractivity contribution >= 4 is 16.7 Å². The second kappa shape index (κ2) is 4.41. The summed E-state index contributed by atoms with van der Waals surface area (Å²) in [6.45, 7) is 0. The lowest BCUT2D eigenvalue weighted by molar-refractivity contribution is 0.407. The number of phenols is 1. The highest BCUT2D eigenvalue weighted by atomic mass is 19.2. The number of aromatic nitrogens is 2. The first-order valence-electron chi connectivity index (χ1n) is 5.75. The molecular weight excluding hydrogens is 264 g/mol. The fraction of sp³-hybridized carbons (Fsp3) is 0. The lowest BCUT2D eigenvalue weighted by Gasteiger charge is -2.06. The van der Waals surface area contributed by atoms with E-state index in [1.165, 1.54) is 6.33 Å². The van der Waals surface area contributed by atoms with Gasteiger partial charge in [0.05, 0.1) is 5.52 Å². The molecule has 0 bridgehead atoms. The lowest BCUT2D eigenvalue weighted by atomic mass is 10.0. The van der Waals surface area contributed by atoms with Crippen LogP contribution in [0.1, 0.15) is 0 Å². The molecule has 6 heteroatoms. The molecule has 0 aliphatic rings. The third kappa shape index (κ3) is 1.91. The number of phenolic OH excluding ortho intramolecular Hbond substituents is 1. The summed E-state index contributed by atoms with van der Waals surface area (Å²) in [5, 5.41) is 9.95. The molecule has 4 nitrogen and oxygen atoms in total. The number of hydrogen-bond donors (Lipinski definition) is 2. The molecule has 0 unspecified atom stereocenters. The monoisotopic (exact) mass is 273 g/mol. The number of fused-ring (bicyclic) bond motifs is 1. The van der Waals surface area contributed by atoms with Crippen LogP contribution in [0.4, 0.5) is 14.6 Å². The van der Waals surface area contributed by atoms with E-state index in [1.807, 2.05) is 0 Å². The summed E-state index contributed by atoms with van der Waals surface area (Å²) in [5.41, 5.74) is 7.32. The molecule has 0 atom stereocenters. The molecule has 2 aromatic carbocycles. The average Bonchev–Trinajstić information content (AvgIpc) is 2.44. The maximum Gasteiger partial charge on any atom is 0.200 e. The molecule has 3 rings (SSSR count). The number of nitrogen functional groups attached to an aromatic ring is 1. The minimum Gasteiger partial charge on any atom is -0.505 e. The van der Waals surface area contributed by atoms with Gasteiger partial charge in [0, 0.05) is 5.39 Å². The van der Waals surface area contributed by atoms with Crippen molar-refractivity contribution in [3.05, 3.63) is 48.3 Å². The largest absolute Gasteiger partial charge is 0.505 e. The standard InChI is InChI=1S/C14H9F2N3O/c15-10-4-8(5-12(20)13(10)16)7-1-2-11-9(3-7)14(17)19-6-18-11/h1-6,20H,(H2,17,18,19). The van der Waals surface area contributed by atoms with Gasteiger partial charge in [-0.05, 0) is 35.4 Å². The van der Waals surface area contributed by atoms with Crippen LogP contribution in [0.25, 0.3) is 22.0 Å². The molecule has 0 aliphatic carbocycles. The molecule has 3 aromatic rings. The number of benzene rings is 2. The van der Waals surface area contributed by atoms with Crippen LogP contribution in [0.5, 0.6) is 5.75 Å². The highest BCUT2D eigenvalue weighted by Crippen LogP contribution is 2.30. The number of nitrogens with two attached hydrogens (primary N) is 1. The second-order valence-corrected chi connectivity index (χ2v) is 4.28. The van der Waals surface area contributed by atoms with Gasteiger partial charge in [-0.2, -0.15) is 4.39 Å². The zero-order valence-corrected chi connectivity index (χ0v) is 10.1. The van der Waals surface area contributed by atoms with E-state index in [-0.39, 0.29) is 0 Å². The van der Waals surface area contributed by atoms with Crippen molar-refractivity contribution in [2.75, 3.05) is 5.73 Å². The maximum absolute atomic E-state index is 13.3. The summed E-state index contributed by atoms with van der Waals surface area (Å²) in [4.78, 5) is 7.93. The minimum atomic E-state index is -1.27.